The van der Waals surface area contributed by atoms with E-state index in [0.717, 1.165) is 0 Å². The number of nitrogens with zero attached hydrogens (tertiary/aromatic N) is 3. The van der Waals surface area contributed by atoms with E-state index in [1.54, 1.807) is 10.7 Å². The Balaban J connectivity index is 2.47. The normalized spacial score (nSPS) is 11.8. The number of nitrogens with two attached hydrogens (primary N) is 1. The number of aromatic nitrogens is 3. The van der Waals surface area contributed by atoms with Gasteiger partial charge in [0.1, 0.15) is 0 Å². The summed E-state index contributed by atoms with van der Waals surface area (Å²) in [4.78, 5) is 3.87. The zero-order valence-corrected chi connectivity index (χ0v) is 13.4. The van der Waals surface area contributed by atoms with Gasteiger partial charge >= 0.3 is 0 Å². The molecule has 0 radical (unpaired) electrons. The van der Waals surface area contributed by atoms with Gasteiger partial charge in [0.25, 0.3) is 0 Å². The monoisotopic (exact) mass is 328 g/mol. The van der Waals surface area contributed by atoms with Crippen molar-refractivity contribution < 1.29 is 8.42 Å². The average Bonchev–Trinajstić information content (AvgIpc) is 2.75. The lowest BCUT2D eigenvalue weighted by atomic mass is 10.3. The van der Waals surface area contributed by atoms with Crippen LogP contribution in [0.4, 0.5) is 5.69 Å². The predicted molar refractivity (Wildman–Crippen MR) is 81.8 cm³/mol. The van der Waals surface area contributed by atoms with Gasteiger partial charge in [-0.2, -0.15) is 5.10 Å². The van der Waals surface area contributed by atoms with E-state index in [0.29, 0.717) is 29.4 Å². The molecule has 0 aromatic carbocycles. The van der Waals surface area contributed by atoms with Crippen LogP contribution in [0.1, 0.15) is 25.2 Å². The quantitative estimate of drug-likeness (QED) is 0.907. The van der Waals surface area contributed by atoms with E-state index >= 15 is 0 Å². The zero-order valence-electron chi connectivity index (χ0n) is 11.9. The first kappa shape index (κ1) is 15.8. The van der Waals surface area contributed by atoms with Crippen LogP contribution < -0.4 is 5.73 Å². The summed E-state index contributed by atoms with van der Waals surface area (Å²) in [5.74, 6) is -0.270. The Bertz CT molecular complexity index is 756. The Morgan fingerprint density at radius 2 is 2.10 bits per heavy atom. The van der Waals surface area contributed by atoms with Gasteiger partial charge in [-0.05, 0) is 25.5 Å². The summed E-state index contributed by atoms with van der Waals surface area (Å²) in [6.45, 7) is 4.35. The van der Waals surface area contributed by atoms with Gasteiger partial charge in [-0.3, -0.25) is 4.68 Å². The Hall–Kier alpha value is -1.60. The van der Waals surface area contributed by atoms with E-state index in [2.05, 4.69) is 10.1 Å². The lowest BCUT2D eigenvalue weighted by molar-refractivity contribution is 0.582. The fraction of sp³-hybridized carbons (Fsp3) is 0.385. The molecule has 8 heteroatoms. The molecule has 2 N–H and O–H groups in total. The number of pyridine rings is 1. The SMILES string of the molecule is CCc1nn(CC)c(CS(=O)(=O)c2ncccc2N)c1Cl. The molecule has 0 aliphatic rings. The first-order valence-electron chi connectivity index (χ1n) is 6.58. The van der Waals surface area contributed by atoms with Crippen LogP contribution >= 0.6 is 11.6 Å². The van der Waals surface area contributed by atoms with Gasteiger partial charge in [0, 0.05) is 12.7 Å². The molecule has 0 unspecified atom stereocenters. The molecular weight excluding hydrogens is 312 g/mol. The predicted octanol–water partition coefficient (Wildman–Crippen LogP) is 2.07. The second kappa shape index (κ2) is 6.03. The lowest BCUT2D eigenvalue weighted by Gasteiger charge is -2.08. The van der Waals surface area contributed by atoms with Crippen LogP contribution in [0.15, 0.2) is 23.4 Å². The van der Waals surface area contributed by atoms with Gasteiger partial charge in [0.15, 0.2) is 5.03 Å². The highest BCUT2D eigenvalue weighted by Crippen LogP contribution is 2.27. The third kappa shape index (κ3) is 3.03. The van der Waals surface area contributed by atoms with Gasteiger partial charge in [-0.15, -0.1) is 0 Å². The summed E-state index contributed by atoms with van der Waals surface area (Å²) in [5.41, 5.74) is 7.00. The Morgan fingerprint density at radius 3 is 2.67 bits per heavy atom. The molecule has 0 spiro atoms. The molecule has 0 aliphatic carbocycles. The topological polar surface area (TPSA) is 90.9 Å². The van der Waals surface area contributed by atoms with E-state index in [1.807, 2.05) is 13.8 Å². The van der Waals surface area contributed by atoms with Gasteiger partial charge in [0.2, 0.25) is 9.84 Å². The maximum absolute atomic E-state index is 12.5. The number of rotatable bonds is 5. The minimum atomic E-state index is -3.68. The van der Waals surface area contributed by atoms with Crippen LogP contribution in [-0.4, -0.2) is 23.2 Å². The van der Waals surface area contributed by atoms with Crippen LogP contribution in [0.3, 0.4) is 0 Å². The number of sulfone groups is 1. The lowest BCUT2D eigenvalue weighted by Crippen LogP contribution is -2.13. The highest BCUT2D eigenvalue weighted by atomic mass is 35.5. The standard InChI is InChI=1S/C13H17ClN4O2S/c1-3-10-12(14)11(18(4-2)17-10)8-21(19,20)13-9(15)6-5-7-16-13/h5-7H,3-4,8,15H2,1-2H3. The molecule has 21 heavy (non-hydrogen) atoms. The highest BCUT2D eigenvalue weighted by molar-refractivity contribution is 7.90. The number of hydrogen-bond donors (Lipinski definition) is 1. The minimum Gasteiger partial charge on any atom is -0.396 e. The third-order valence-electron chi connectivity index (χ3n) is 3.12. The van der Waals surface area contributed by atoms with E-state index in [4.69, 9.17) is 17.3 Å². The van der Waals surface area contributed by atoms with Crippen molar-refractivity contribution in [2.24, 2.45) is 0 Å². The van der Waals surface area contributed by atoms with Crippen molar-refractivity contribution in [2.75, 3.05) is 5.73 Å². The summed E-state index contributed by atoms with van der Waals surface area (Å²) in [5, 5.41) is 4.59. The Morgan fingerprint density at radius 1 is 1.38 bits per heavy atom. The second-order valence-corrected chi connectivity index (χ2v) is 6.82. The van der Waals surface area contributed by atoms with Crippen LogP contribution in [0, 0.1) is 0 Å². The first-order valence-corrected chi connectivity index (χ1v) is 8.61. The molecule has 0 saturated carbocycles. The van der Waals surface area contributed by atoms with Crippen LogP contribution in [0.5, 0.6) is 0 Å². The van der Waals surface area contributed by atoms with Crippen LogP contribution in [0.25, 0.3) is 0 Å². The molecule has 0 bridgehead atoms. The molecule has 6 nitrogen and oxygen atoms in total. The molecule has 114 valence electrons. The summed E-state index contributed by atoms with van der Waals surface area (Å²) in [7, 11) is -3.68. The van der Waals surface area contributed by atoms with Crippen molar-refractivity contribution in [1.29, 1.82) is 0 Å². The van der Waals surface area contributed by atoms with E-state index in [-0.39, 0.29) is 16.5 Å². The third-order valence-corrected chi connectivity index (χ3v) is 5.14. The maximum Gasteiger partial charge on any atom is 0.203 e. The van der Waals surface area contributed by atoms with Crippen molar-refractivity contribution in [3.05, 3.63) is 34.7 Å². The molecule has 2 heterocycles. The van der Waals surface area contributed by atoms with Gasteiger partial charge in [-0.1, -0.05) is 18.5 Å². The number of halogens is 1. The number of nitrogen functional groups attached to an aromatic ring is 1. The molecular formula is C13H17ClN4O2S. The van der Waals surface area contributed by atoms with Crippen LogP contribution in [-0.2, 0) is 28.6 Å². The summed E-state index contributed by atoms with van der Waals surface area (Å²) in [6.07, 6.45) is 2.05. The average molecular weight is 329 g/mol. The van der Waals surface area contributed by atoms with E-state index in [1.165, 1.54) is 12.3 Å². The van der Waals surface area contributed by atoms with Crippen molar-refractivity contribution >= 4 is 27.1 Å². The zero-order chi connectivity index (χ0) is 15.6. The molecule has 0 amide bonds. The minimum absolute atomic E-state index is 0.122. The summed E-state index contributed by atoms with van der Waals surface area (Å²) in [6, 6.07) is 3.10. The second-order valence-electron chi connectivity index (χ2n) is 4.53. The fourth-order valence-electron chi connectivity index (χ4n) is 2.07. The van der Waals surface area contributed by atoms with Crippen molar-refractivity contribution in [3.63, 3.8) is 0 Å². The van der Waals surface area contributed by atoms with Crippen molar-refractivity contribution in [1.82, 2.24) is 14.8 Å². The fourth-order valence-corrected chi connectivity index (χ4v) is 3.92. The molecule has 2 aromatic rings. The smallest absolute Gasteiger partial charge is 0.203 e. The van der Waals surface area contributed by atoms with Crippen LogP contribution in [0.2, 0.25) is 5.02 Å². The highest BCUT2D eigenvalue weighted by Gasteiger charge is 2.25. The van der Waals surface area contributed by atoms with Crippen molar-refractivity contribution in [2.45, 2.75) is 37.6 Å². The van der Waals surface area contributed by atoms with E-state index in [9.17, 15) is 8.42 Å². The van der Waals surface area contributed by atoms with Gasteiger partial charge in [-0.25, -0.2) is 13.4 Å². The van der Waals surface area contributed by atoms with Gasteiger partial charge < -0.3 is 5.73 Å². The first-order chi connectivity index (χ1) is 9.90. The number of aryl methyl sites for hydroxylation is 2. The Kier molecular flexibility index (Phi) is 4.53. The Labute approximate surface area is 128 Å². The molecule has 2 rings (SSSR count). The number of anilines is 1. The molecule has 0 aliphatic heterocycles. The maximum atomic E-state index is 12.5. The van der Waals surface area contributed by atoms with Gasteiger partial charge in [0.05, 0.1) is 27.9 Å². The largest absolute Gasteiger partial charge is 0.396 e. The molecule has 0 atom stereocenters. The molecule has 0 saturated heterocycles. The molecule has 2 aromatic heterocycles. The summed E-state index contributed by atoms with van der Waals surface area (Å²) >= 11 is 6.24. The van der Waals surface area contributed by atoms with E-state index < -0.39 is 9.84 Å². The summed E-state index contributed by atoms with van der Waals surface area (Å²) < 4.78 is 26.6. The number of hydrogen-bond acceptors (Lipinski definition) is 5. The van der Waals surface area contributed by atoms with Crippen molar-refractivity contribution in [3.8, 4) is 0 Å². The molecule has 0 fully saturated rings.